The van der Waals surface area contributed by atoms with Crippen molar-refractivity contribution in [3.8, 4) is 17.6 Å². The summed E-state index contributed by atoms with van der Waals surface area (Å²) in [5.74, 6) is 0.983. The van der Waals surface area contributed by atoms with Gasteiger partial charge in [0.25, 0.3) is 0 Å². The van der Waals surface area contributed by atoms with E-state index < -0.39 is 0 Å². The first kappa shape index (κ1) is 23.6. The maximum absolute atomic E-state index is 9.30. The molecule has 0 saturated carbocycles. The van der Waals surface area contributed by atoms with E-state index in [-0.39, 0.29) is 6.61 Å². The Morgan fingerprint density at radius 1 is 1.09 bits per heavy atom. The number of ether oxygens (including phenoxy) is 3. The van der Waals surface area contributed by atoms with Crippen molar-refractivity contribution in [3.63, 3.8) is 0 Å². The van der Waals surface area contributed by atoms with Crippen LogP contribution < -0.4 is 14.4 Å². The zero-order chi connectivity index (χ0) is 23.8. The lowest BCUT2D eigenvalue weighted by Gasteiger charge is -2.28. The monoisotopic (exact) mass is 475 g/mol. The van der Waals surface area contributed by atoms with Gasteiger partial charge in [-0.25, -0.2) is 0 Å². The molecule has 3 aromatic carbocycles. The average molecular weight is 476 g/mol. The molecule has 0 N–H and O–H groups in total. The topological polar surface area (TPSA) is 67.1 Å². The molecule has 3 aromatic rings. The fourth-order valence-corrected chi connectivity index (χ4v) is 3.96. The van der Waals surface area contributed by atoms with Gasteiger partial charge in [0.2, 0.25) is 0 Å². The van der Waals surface area contributed by atoms with Crippen LogP contribution >= 0.6 is 11.6 Å². The molecule has 174 valence electrons. The zero-order valence-electron chi connectivity index (χ0n) is 19.0. The number of nitrogens with zero attached hydrogens (tertiary/aromatic N) is 3. The Morgan fingerprint density at radius 2 is 1.85 bits per heavy atom. The minimum absolute atomic E-state index is 0.215. The Labute approximate surface area is 205 Å². The standard InChI is InChI=1S/C27H26ClN3O3/c1-2-33-26-16-20(15-25(28)27(26)34-19-22-6-4-3-5-21(22)17-29)18-30-23-7-9-24(10-8-23)31-11-13-32-14-12-31/h3-10,15-16,18H,2,11-14,19H2,1H3. The number of halogens is 1. The molecular weight excluding hydrogens is 450 g/mol. The predicted molar refractivity (Wildman–Crippen MR) is 135 cm³/mol. The fourth-order valence-electron chi connectivity index (χ4n) is 3.69. The molecule has 1 saturated heterocycles. The third-order valence-electron chi connectivity index (χ3n) is 5.43. The molecule has 0 unspecified atom stereocenters. The molecule has 0 amide bonds. The Bertz CT molecular complexity index is 1180. The lowest BCUT2D eigenvalue weighted by Crippen LogP contribution is -2.36. The van der Waals surface area contributed by atoms with Crippen molar-refractivity contribution < 1.29 is 14.2 Å². The van der Waals surface area contributed by atoms with Crippen LogP contribution in [-0.2, 0) is 11.3 Å². The summed E-state index contributed by atoms with van der Waals surface area (Å²) in [4.78, 5) is 6.90. The number of morpholine rings is 1. The fraction of sp³-hybridized carbons (Fsp3) is 0.259. The summed E-state index contributed by atoms with van der Waals surface area (Å²) in [6, 6.07) is 21.3. The maximum atomic E-state index is 9.30. The average Bonchev–Trinajstić information content (AvgIpc) is 2.88. The van der Waals surface area contributed by atoms with E-state index in [0.29, 0.717) is 28.7 Å². The first-order valence-electron chi connectivity index (χ1n) is 11.2. The number of nitriles is 1. The number of hydrogen-bond donors (Lipinski definition) is 0. The minimum Gasteiger partial charge on any atom is -0.490 e. The van der Waals surface area contributed by atoms with Gasteiger partial charge in [-0.1, -0.05) is 29.8 Å². The van der Waals surface area contributed by atoms with Crippen LogP contribution in [0, 0.1) is 11.3 Å². The third-order valence-corrected chi connectivity index (χ3v) is 5.71. The van der Waals surface area contributed by atoms with Crippen LogP contribution in [-0.4, -0.2) is 39.1 Å². The van der Waals surface area contributed by atoms with Crippen LogP contribution in [0.1, 0.15) is 23.6 Å². The third kappa shape index (κ3) is 5.88. The predicted octanol–water partition coefficient (Wildman–Crippen LogP) is 5.78. The summed E-state index contributed by atoms with van der Waals surface area (Å²) in [6.07, 6.45) is 1.76. The molecule has 1 fully saturated rings. The molecule has 0 bridgehead atoms. The van der Waals surface area contributed by atoms with Crippen LogP contribution in [0.2, 0.25) is 5.02 Å². The smallest absolute Gasteiger partial charge is 0.180 e. The van der Waals surface area contributed by atoms with Gasteiger partial charge in [-0.15, -0.1) is 0 Å². The van der Waals surface area contributed by atoms with E-state index in [0.717, 1.165) is 43.1 Å². The highest BCUT2D eigenvalue weighted by Gasteiger charge is 2.14. The number of rotatable bonds is 8. The van der Waals surface area contributed by atoms with Crippen LogP contribution in [0.3, 0.4) is 0 Å². The molecule has 34 heavy (non-hydrogen) atoms. The van der Waals surface area contributed by atoms with E-state index in [9.17, 15) is 5.26 Å². The highest BCUT2D eigenvalue weighted by atomic mass is 35.5. The van der Waals surface area contributed by atoms with Gasteiger partial charge in [-0.2, -0.15) is 5.26 Å². The Hall–Kier alpha value is -3.53. The molecule has 4 rings (SSSR count). The Morgan fingerprint density at radius 3 is 2.59 bits per heavy atom. The van der Waals surface area contributed by atoms with Crippen molar-refractivity contribution in [3.05, 3.63) is 82.4 Å². The van der Waals surface area contributed by atoms with E-state index in [1.54, 1.807) is 18.3 Å². The summed E-state index contributed by atoms with van der Waals surface area (Å²) < 4.78 is 17.2. The second kappa shape index (κ2) is 11.6. The molecular formula is C27H26ClN3O3. The van der Waals surface area contributed by atoms with Crippen molar-refractivity contribution in [1.29, 1.82) is 5.26 Å². The zero-order valence-corrected chi connectivity index (χ0v) is 19.8. The van der Waals surface area contributed by atoms with E-state index in [2.05, 4.69) is 28.1 Å². The van der Waals surface area contributed by atoms with E-state index in [1.807, 2.05) is 43.3 Å². The quantitative estimate of drug-likeness (QED) is 0.386. The summed E-state index contributed by atoms with van der Waals surface area (Å²) in [5, 5.41) is 9.72. The van der Waals surface area contributed by atoms with Crippen molar-refractivity contribution in [2.45, 2.75) is 13.5 Å². The first-order chi connectivity index (χ1) is 16.7. The molecule has 0 radical (unpaired) electrons. The van der Waals surface area contributed by atoms with E-state index in [4.69, 9.17) is 25.8 Å². The largest absolute Gasteiger partial charge is 0.490 e. The maximum Gasteiger partial charge on any atom is 0.180 e. The van der Waals surface area contributed by atoms with Gasteiger partial charge in [-0.05, 0) is 55.0 Å². The SMILES string of the molecule is CCOc1cc(C=Nc2ccc(N3CCOCC3)cc2)cc(Cl)c1OCc1ccccc1C#N. The molecule has 0 spiro atoms. The Balaban J connectivity index is 1.49. The van der Waals surface area contributed by atoms with Gasteiger partial charge < -0.3 is 19.1 Å². The highest BCUT2D eigenvalue weighted by Crippen LogP contribution is 2.37. The van der Waals surface area contributed by atoms with Gasteiger partial charge in [0.15, 0.2) is 11.5 Å². The lowest BCUT2D eigenvalue weighted by atomic mass is 10.1. The van der Waals surface area contributed by atoms with Gasteiger partial charge in [0.1, 0.15) is 6.61 Å². The van der Waals surface area contributed by atoms with Crippen molar-refractivity contribution in [1.82, 2.24) is 0 Å². The van der Waals surface area contributed by atoms with Crippen LogP contribution in [0.15, 0.2) is 65.7 Å². The van der Waals surface area contributed by atoms with Crippen LogP contribution in [0.5, 0.6) is 11.5 Å². The molecule has 1 aliphatic heterocycles. The number of aliphatic imine (C=N–C) groups is 1. The highest BCUT2D eigenvalue weighted by molar-refractivity contribution is 6.32. The number of hydrogen-bond acceptors (Lipinski definition) is 6. The van der Waals surface area contributed by atoms with Gasteiger partial charge >= 0.3 is 0 Å². The van der Waals surface area contributed by atoms with Gasteiger partial charge in [0.05, 0.1) is 42.2 Å². The van der Waals surface area contributed by atoms with Crippen molar-refractivity contribution in [2.75, 3.05) is 37.8 Å². The summed E-state index contributed by atoms with van der Waals surface area (Å²) in [6.45, 7) is 5.90. The van der Waals surface area contributed by atoms with E-state index in [1.165, 1.54) is 5.69 Å². The molecule has 0 aliphatic carbocycles. The molecule has 7 heteroatoms. The second-order valence-electron chi connectivity index (χ2n) is 7.69. The molecule has 1 aliphatic rings. The number of anilines is 1. The minimum atomic E-state index is 0.215. The summed E-state index contributed by atoms with van der Waals surface area (Å²) in [5.41, 5.74) is 4.17. The molecule has 0 atom stereocenters. The second-order valence-corrected chi connectivity index (χ2v) is 8.10. The normalized spacial score (nSPS) is 13.6. The van der Waals surface area contributed by atoms with Crippen LogP contribution in [0.25, 0.3) is 0 Å². The molecule has 6 nitrogen and oxygen atoms in total. The molecule has 1 heterocycles. The van der Waals surface area contributed by atoms with Crippen molar-refractivity contribution >= 4 is 29.2 Å². The number of benzene rings is 3. The molecule has 0 aromatic heterocycles. The lowest BCUT2D eigenvalue weighted by molar-refractivity contribution is 0.122. The van der Waals surface area contributed by atoms with Crippen molar-refractivity contribution in [2.24, 2.45) is 4.99 Å². The van der Waals surface area contributed by atoms with Gasteiger partial charge in [-0.3, -0.25) is 4.99 Å². The summed E-state index contributed by atoms with van der Waals surface area (Å²) >= 11 is 6.55. The van der Waals surface area contributed by atoms with E-state index >= 15 is 0 Å². The summed E-state index contributed by atoms with van der Waals surface area (Å²) in [7, 11) is 0. The Kier molecular flexibility index (Phi) is 8.03. The van der Waals surface area contributed by atoms with Crippen LogP contribution in [0.4, 0.5) is 11.4 Å². The van der Waals surface area contributed by atoms with Gasteiger partial charge in [0, 0.05) is 30.6 Å². The first-order valence-corrected chi connectivity index (χ1v) is 11.6.